The van der Waals surface area contributed by atoms with Crippen molar-refractivity contribution < 1.29 is 9.90 Å². The molecule has 116 valence electrons. The molecule has 0 spiro atoms. The van der Waals surface area contributed by atoms with Gasteiger partial charge in [-0.1, -0.05) is 24.3 Å². The van der Waals surface area contributed by atoms with Gasteiger partial charge in [-0.05, 0) is 61.0 Å². The standard InChI is InChI=1S/C18H16N2O2S/c1-11-7-12(2)9-14(8-11)19-18-20-17(22)16(23-18)10-13-5-3-4-6-15(13)21/h3-10,21H,1-2H3,(H,19,20,22)/b16-10-. The van der Waals surface area contributed by atoms with Crippen LogP contribution >= 0.6 is 11.8 Å². The first-order valence-electron chi connectivity index (χ1n) is 7.17. The van der Waals surface area contributed by atoms with E-state index < -0.39 is 0 Å². The van der Waals surface area contributed by atoms with Crippen molar-refractivity contribution >= 4 is 34.6 Å². The van der Waals surface area contributed by atoms with E-state index in [1.54, 1.807) is 24.3 Å². The van der Waals surface area contributed by atoms with Crippen LogP contribution in [0.1, 0.15) is 16.7 Å². The number of nitrogens with zero attached hydrogens (tertiary/aromatic N) is 1. The predicted octanol–water partition coefficient (Wildman–Crippen LogP) is 3.90. The molecule has 1 aliphatic rings. The molecule has 1 amide bonds. The molecule has 3 rings (SSSR count). The summed E-state index contributed by atoms with van der Waals surface area (Å²) in [6.45, 7) is 4.03. The maximum absolute atomic E-state index is 12.1. The quantitative estimate of drug-likeness (QED) is 0.824. The highest BCUT2D eigenvalue weighted by Gasteiger charge is 2.24. The van der Waals surface area contributed by atoms with E-state index >= 15 is 0 Å². The summed E-state index contributed by atoms with van der Waals surface area (Å²) in [5.74, 6) is -0.0607. The minimum Gasteiger partial charge on any atom is -0.507 e. The third-order valence-corrected chi connectivity index (χ3v) is 4.22. The molecule has 4 nitrogen and oxygen atoms in total. The average molecular weight is 324 g/mol. The zero-order valence-corrected chi connectivity index (χ0v) is 13.6. The van der Waals surface area contributed by atoms with Crippen molar-refractivity contribution in [1.82, 2.24) is 5.32 Å². The van der Waals surface area contributed by atoms with E-state index in [4.69, 9.17) is 0 Å². The van der Waals surface area contributed by atoms with Crippen LogP contribution in [0.5, 0.6) is 5.75 Å². The van der Waals surface area contributed by atoms with Crippen LogP contribution in [0.15, 0.2) is 52.4 Å². The Morgan fingerprint density at radius 1 is 1.13 bits per heavy atom. The molecule has 2 aromatic rings. The fraction of sp³-hybridized carbons (Fsp3) is 0.111. The molecule has 2 N–H and O–H groups in total. The van der Waals surface area contributed by atoms with Gasteiger partial charge in [0.25, 0.3) is 5.91 Å². The van der Waals surface area contributed by atoms with Gasteiger partial charge in [-0.15, -0.1) is 0 Å². The molecule has 0 saturated carbocycles. The van der Waals surface area contributed by atoms with Crippen molar-refractivity contribution in [3.05, 3.63) is 64.1 Å². The van der Waals surface area contributed by atoms with Gasteiger partial charge in [-0.3, -0.25) is 4.79 Å². The molecule has 0 atom stereocenters. The topological polar surface area (TPSA) is 61.7 Å². The van der Waals surface area contributed by atoms with E-state index in [0.29, 0.717) is 15.6 Å². The van der Waals surface area contributed by atoms with Gasteiger partial charge in [-0.25, -0.2) is 4.99 Å². The first-order valence-corrected chi connectivity index (χ1v) is 7.99. The molecular weight excluding hydrogens is 308 g/mol. The number of rotatable bonds is 2. The Bertz CT molecular complexity index is 820. The Morgan fingerprint density at radius 2 is 1.83 bits per heavy atom. The second-order valence-corrected chi connectivity index (χ2v) is 6.42. The molecule has 5 heteroatoms. The second kappa shape index (κ2) is 6.30. The van der Waals surface area contributed by atoms with Crippen LogP contribution in [0, 0.1) is 13.8 Å². The van der Waals surface area contributed by atoms with Gasteiger partial charge in [0.05, 0.1) is 10.6 Å². The number of hydrogen-bond acceptors (Lipinski definition) is 4. The highest BCUT2D eigenvalue weighted by atomic mass is 32.2. The number of nitrogens with one attached hydrogen (secondary N) is 1. The number of amides is 1. The van der Waals surface area contributed by atoms with Gasteiger partial charge in [-0.2, -0.15) is 0 Å². The van der Waals surface area contributed by atoms with Gasteiger partial charge in [0, 0.05) is 5.56 Å². The number of phenolic OH excluding ortho intramolecular Hbond substituents is 1. The Hall–Kier alpha value is -2.53. The smallest absolute Gasteiger partial charge is 0.264 e. The third kappa shape index (κ3) is 3.63. The van der Waals surface area contributed by atoms with Crippen LogP contribution in [0.2, 0.25) is 0 Å². The van der Waals surface area contributed by atoms with Crippen LogP contribution in [0.3, 0.4) is 0 Å². The van der Waals surface area contributed by atoms with E-state index in [-0.39, 0.29) is 11.7 Å². The lowest BCUT2D eigenvalue weighted by Gasteiger charge is -2.00. The lowest BCUT2D eigenvalue weighted by atomic mass is 10.1. The van der Waals surface area contributed by atoms with Crippen LogP contribution in [-0.4, -0.2) is 16.2 Å². The summed E-state index contributed by atoms with van der Waals surface area (Å²) in [7, 11) is 0. The van der Waals surface area contributed by atoms with E-state index in [0.717, 1.165) is 16.8 Å². The zero-order valence-electron chi connectivity index (χ0n) is 12.8. The Kier molecular flexibility index (Phi) is 4.21. The average Bonchev–Trinajstić information content (AvgIpc) is 2.80. The largest absolute Gasteiger partial charge is 0.507 e. The number of carbonyl (C=O) groups excluding carboxylic acids is 1. The maximum Gasteiger partial charge on any atom is 0.264 e. The normalized spacial score (nSPS) is 17.7. The maximum atomic E-state index is 12.1. The van der Waals surface area contributed by atoms with Gasteiger partial charge < -0.3 is 10.4 Å². The van der Waals surface area contributed by atoms with Crippen LogP contribution in [0.25, 0.3) is 6.08 Å². The SMILES string of the molecule is Cc1cc(C)cc(N=C2NC(=O)/C(=C/c3ccccc3O)S2)c1. The number of aliphatic imine (C=N–C) groups is 1. The molecule has 0 unspecified atom stereocenters. The fourth-order valence-electron chi connectivity index (χ4n) is 2.36. The number of aryl methyl sites for hydroxylation is 2. The molecule has 1 heterocycles. The highest BCUT2D eigenvalue weighted by molar-refractivity contribution is 8.18. The number of carbonyl (C=O) groups is 1. The predicted molar refractivity (Wildman–Crippen MR) is 94.8 cm³/mol. The minimum absolute atomic E-state index is 0.146. The van der Waals surface area contributed by atoms with Gasteiger partial charge in [0.1, 0.15) is 5.75 Å². The van der Waals surface area contributed by atoms with Crippen molar-refractivity contribution in [2.75, 3.05) is 0 Å². The third-order valence-electron chi connectivity index (χ3n) is 3.31. The van der Waals surface area contributed by atoms with Crippen molar-refractivity contribution in [2.24, 2.45) is 4.99 Å². The second-order valence-electron chi connectivity index (χ2n) is 5.39. The van der Waals surface area contributed by atoms with Crippen molar-refractivity contribution in [2.45, 2.75) is 13.8 Å². The van der Waals surface area contributed by atoms with Crippen LogP contribution < -0.4 is 5.32 Å². The summed E-state index contributed by atoms with van der Waals surface area (Å²) in [6.07, 6.45) is 1.67. The van der Waals surface area contributed by atoms with E-state index in [1.165, 1.54) is 11.8 Å². The molecule has 1 aliphatic heterocycles. The van der Waals surface area contributed by atoms with Crippen molar-refractivity contribution in [1.29, 1.82) is 0 Å². The van der Waals surface area contributed by atoms with Gasteiger partial charge >= 0.3 is 0 Å². The van der Waals surface area contributed by atoms with Gasteiger partial charge in [0.15, 0.2) is 5.17 Å². The first-order chi connectivity index (χ1) is 11.0. The molecule has 2 aromatic carbocycles. The summed E-state index contributed by atoms with van der Waals surface area (Å²) in [4.78, 5) is 17.1. The van der Waals surface area contributed by atoms with Crippen LogP contribution in [-0.2, 0) is 4.79 Å². The summed E-state index contributed by atoms with van der Waals surface area (Å²) in [6, 6.07) is 12.9. The lowest BCUT2D eigenvalue weighted by molar-refractivity contribution is -0.115. The number of benzene rings is 2. The number of thioether (sulfide) groups is 1. The monoisotopic (exact) mass is 324 g/mol. The Morgan fingerprint density at radius 3 is 2.52 bits per heavy atom. The zero-order chi connectivity index (χ0) is 16.4. The number of phenols is 1. The number of amidine groups is 1. The van der Waals surface area contributed by atoms with Crippen LogP contribution in [0.4, 0.5) is 5.69 Å². The molecule has 0 aliphatic carbocycles. The lowest BCUT2D eigenvalue weighted by Crippen LogP contribution is -2.19. The van der Waals surface area contributed by atoms with Crippen molar-refractivity contribution in [3.8, 4) is 5.75 Å². The van der Waals surface area contributed by atoms with E-state index in [9.17, 15) is 9.90 Å². The Balaban J connectivity index is 1.87. The molecule has 1 fully saturated rings. The Labute approximate surface area is 139 Å². The first kappa shape index (κ1) is 15.4. The summed E-state index contributed by atoms with van der Waals surface area (Å²) >= 11 is 1.27. The molecule has 0 radical (unpaired) electrons. The molecule has 0 bridgehead atoms. The molecule has 0 aromatic heterocycles. The summed E-state index contributed by atoms with van der Waals surface area (Å²) in [5.41, 5.74) is 3.68. The van der Waals surface area contributed by atoms with E-state index in [1.807, 2.05) is 32.0 Å². The van der Waals surface area contributed by atoms with E-state index in [2.05, 4.69) is 16.4 Å². The number of para-hydroxylation sites is 1. The minimum atomic E-state index is -0.207. The summed E-state index contributed by atoms with van der Waals surface area (Å²) in [5, 5.41) is 13.1. The molecule has 1 saturated heterocycles. The number of hydrogen-bond donors (Lipinski definition) is 2. The fourth-order valence-corrected chi connectivity index (χ4v) is 3.20. The van der Waals surface area contributed by atoms with Crippen molar-refractivity contribution in [3.63, 3.8) is 0 Å². The van der Waals surface area contributed by atoms with Gasteiger partial charge in [0.2, 0.25) is 0 Å². The molecular formula is C18H16N2O2S. The highest BCUT2D eigenvalue weighted by Crippen LogP contribution is 2.30. The number of aromatic hydroxyl groups is 1. The molecule has 23 heavy (non-hydrogen) atoms. The summed E-state index contributed by atoms with van der Waals surface area (Å²) < 4.78 is 0.